The van der Waals surface area contributed by atoms with Gasteiger partial charge in [-0.3, -0.25) is 14.5 Å². The van der Waals surface area contributed by atoms with Crippen molar-refractivity contribution in [1.82, 2.24) is 5.32 Å². The van der Waals surface area contributed by atoms with Crippen molar-refractivity contribution in [3.63, 3.8) is 0 Å². The number of alkyl carbamates (subject to hydrolysis) is 1. The smallest absolute Gasteiger partial charge is 0.408 e. The molecule has 12 heteroatoms. The Morgan fingerprint density at radius 3 is 2.41 bits per heavy atom. The van der Waals surface area contributed by atoms with Crippen LogP contribution < -0.4 is 16.4 Å². The fourth-order valence-electron chi connectivity index (χ4n) is 3.03. The highest BCUT2D eigenvalue weighted by Crippen LogP contribution is 2.52. The van der Waals surface area contributed by atoms with Crippen molar-refractivity contribution >= 4 is 31.3 Å². The van der Waals surface area contributed by atoms with Gasteiger partial charge in [0.2, 0.25) is 0 Å². The molecule has 34 heavy (non-hydrogen) atoms. The van der Waals surface area contributed by atoms with Crippen LogP contribution in [0.3, 0.4) is 0 Å². The van der Waals surface area contributed by atoms with Crippen LogP contribution in [0.1, 0.15) is 37.5 Å². The van der Waals surface area contributed by atoms with Crippen LogP contribution in [-0.4, -0.2) is 33.8 Å². The molecule has 1 amide bonds. The molecule has 0 radical (unpaired) electrons. The third-order valence-corrected chi connectivity index (χ3v) is 6.18. The fourth-order valence-corrected chi connectivity index (χ4v) is 4.65. The largest absolute Gasteiger partial charge is 0.479 e. The molecule has 0 saturated carbocycles. The Morgan fingerprint density at radius 1 is 1.15 bits per heavy atom. The van der Waals surface area contributed by atoms with E-state index >= 15 is 0 Å². The number of hydrogen-bond donors (Lipinski definition) is 6. The van der Waals surface area contributed by atoms with E-state index in [0.29, 0.717) is 5.69 Å². The highest BCUT2D eigenvalue weighted by Gasteiger charge is 2.39. The molecule has 3 atom stereocenters. The number of benzene rings is 2. The van der Waals surface area contributed by atoms with Crippen LogP contribution in [0.25, 0.3) is 0 Å². The van der Waals surface area contributed by atoms with Gasteiger partial charge in [-0.15, -0.1) is 0 Å². The molecule has 0 spiro atoms. The zero-order valence-electron chi connectivity index (χ0n) is 18.8. The first-order chi connectivity index (χ1) is 16.0. The van der Waals surface area contributed by atoms with Crippen LogP contribution in [0, 0.1) is 11.3 Å². The minimum Gasteiger partial charge on any atom is -0.479 e. The Kier molecular flexibility index (Phi) is 9.61. The summed E-state index contributed by atoms with van der Waals surface area (Å²) in [7, 11) is -4.70. The molecule has 11 nitrogen and oxygen atoms in total. The van der Waals surface area contributed by atoms with Gasteiger partial charge < -0.3 is 31.1 Å². The number of rotatable bonds is 11. The van der Waals surface area contributed by atoms with Gasteiger partial charge in [0.1, 0.15) is 12.4 Å². The van der Waals surface area contributed by atoms with Crippen LogP contribution in [0.15, 0.2) is 54.6 Å². The van der Waals surface area contributed by atoms with Gasteiger partial charge in [0.05, 0.1) is 0 Å². The summed E-state index contributed by atoms with van der Waals surface area (Å²) in [5.41, 5.74) is 6.37. The monoisotopic (exact) mass is 492 g/mol. The zero-order valence-corrected chi connectivity index (χ0v) is 19.7. The highest BCUT2D eigenvalue weighted by molar-refractivity contribution is 7.53. The molecule has 3 unspecified atom stereocenters. The number of amides is 1. The maximum absolute atomic E-state index is 13.1. The number of carboxylic acid groups (broad SMARTS) is 1. The van der Waals surface area contributed by atoms with E-state index in [1.165, 1.54) is 24.3 Å². The van der Waals surface area contributed by atoms with Gasteiger partial charge in [-0.05, 0) is 35.6 Å². The van der Waals surface area contributed by atoms with Gasteiger partial charge in [0.25, 0.3) is 0 Å². The van der Waals surface area contributed by atoms with Crippen LogP contribution in [0.5, 0.6) is 0 Å². The number of nitrogens with two attached hydrogens (primary N) is 1. The lowest BCUT2D eigenvalue weighted by atomic mass is 10.1. The molecular weight excluding hydrogens is 463 g/mol. The minimum atomic E-state index is -4.70. The Balaban J connectivity index is 2.19. The lowest BCUT2D eigenvalue weighted by molar-refractivity contribution is -0.145. The highest BCUT2D eigenvalue weighted by atomic mass is 31.2. The molecule has 2 aromatic carbocycles. The summed E-state index contributed by atoms with van der Waals surface area (Å²) in [5, 5.41) is 21.8. The Morgan fingerprint density at radius 2 is 1.82 bits per heavy atom. The molecule has 0 aromatic heterocycles. The van der Waals surface area contributed by atoms with Crippen LogP contribution in [0.2, 0.25) is 0 Å². The molecular formula is C22H29N4O7P. The van der Waals surface area contributed by atoms with Gasteiger partial charge in [-0.2, -0.15) is 0 Å². The normalized spacial score (nSPS) is 14.5. The number of carbonyl (C=O) groups is 2. The van der Waals surface area contributed by atoms with Gasteiger partial charge in [-0.25, -0.2) is 9.59 Å². The molecule has 0 fully saturated rings. The van der Waals surface area contributed by atoms with Gasteiger partial charge in [0, 0.05) is 5.69 Å². The first-order valence-corrected chi connectivity index (χ1v) is 12.0. The Labute approximate surface area is 197 Å². The van der Waals surface area contributed by atoms with Crippen molar-refractivity contribution in [2.24, 2.45) is 11.7 Å². The summed E-state index contributed by atoms with van der Waals surface area (Å²) in [5.74, 6) is -3.41. The first kappa shape index (κ1) is 26.8. The minimum absolute atomic E-state index is 0.0342. The van der Waals surface area contributed by atoms with Gasteiger partial charge >= 0.3 is 19.7 Å². The molecule has 0 aliphatic heterocycles. The van der Waals surface area contributed by atoms with Gasteiger partial charge in [-0.1, -0.05) is 56.3 Å². The average molecular weight is 492 g/mol. The van der Waals surface area contributed by atoms with Crippen molar-refractivity contribution in [3.05, 3.63) is 65.7 Å². The van der Waals surface area contributed by atoms with Gasteiger partial charge in [0.15, 0.2) is 12.1 Å². The fraction of sp³-hybridized carbons (Fsp3) is 0.318. The second-order valence-corrected chi connectivity index (χ2v) is 9.87. The third-order valence-electron chi connectivity index (χ3n) is 4.53. The summed E-state index contributed by atoms with van der Waals surface area (Å²) in [4.78, 5) is 34.9. The van der Waals surface area contributed by atoms with Crippen LogP contribution in [-0.2, 0) is 25.2 Å². The van der Waals surface area contributed by atoms with E-state index in [2.05, 4.69) is 10.6 Å². The second-order valence-electron chi connectivity index (χ2n) is 7.90. The summed E-state index contributed by atoms with van der Waals surface area (Å²) in [6.45, 7) is 3.50. The number of ether oxygens (including phenoxy) is 1. The van der Waals surface area contributed by atoms with Crippen LogP contribution in [0.4, 0.5) is 10.5 Å². The molecule has 7 N–H and O–H groups in total. The molecule has 0 bridgehead atoms. The van der Waals surface area contributed by atoms with Crippen molar-refractivity contribution in [1.29, 1.82) is 5.41 Å². The third kappa shape index (κ3) is 8.51. The van der Waals surface area contributed by atoms with Crippen LogP contribution >= 0.6 is 7.60 Å². The summed E-state index contributed by atoms with van der Waals surface area (Å²) < 4.78 is 23.5. The Hall–Kier alpha value is -3.40. The van der Waals surface area contributed by atoms with E-state index in [1.807, 2.05) is 6.07 Å². The standard InChI is InChI=1S/C22H29N4O7P/c1-14(2)11-18(26-22(29)32-13-15-7-4-3-5-8-15)34(30,31)33-19(20(27)28)16-9-6-10-17(12-16)25-21(23)24/h3-10,12,14,18-19H,11,13H2,1-2H3,(H,26,29)(H,27,28)(H,30,31)(H4,23,24,25). The van der Waals surface area contributed by atoms with E-state index < -0.39 is 31.5 Å². The van der Waals surface area contributed by atoms with E-state index in [0.717, 1.165) is 5.56 Å². The summed E-state index contributed by atoms with van der Waals surface area (Å²) in [6, 6.07) is 14.6. The van der Waals surface area contributed by atoms with E-state index in [9.17, 15) is 24.2 Å². The molecule has 0 saturated heterocycles. The van der Waals surface area contributed by atoms with E-state index in [1.54, 1.807) is 38.1 Å². The summed E-state index contributed by atoms with van der Waals surface area (Å²) in [6.07, 6.45) is -2.72. The SMILES string of the molecule is CC(C)CC(NC(=O)OCc1ccccc1)P(=O)(O)OC(C(=O)O)c1cccc(NC(=N)N)c1. The predicted octanol–water partition coefficient (Wildman–Crippen LogP) is 3.62. The topological polar surface area (TPSA) is 184 Å². The number of hydrogen-bond acceptors (Lipinski definition) is 6. The van der Waals surface area contributed by atoms with E-state index in [-0.39, 0.29) is 30.5 Å². The molecule has 0 heterocycles. The van der Waals surface area contributed by atoms with Crippen molar-refractivity contribution in [3.8, 4) is 0 Å². The van der Waals surface area contributed by atoms with Crippen molar-refractivity contribution in [2.45, 2.75) is 38.8 Å². The Bertz CT molecular complexity index is 1050. The number of aliphatic carboxylic acids is 1. The number of anilines is 1. The maximum atomic E-state index is 13.1. The molecule has 0 aliphatic carbocycles. The lowest BCUT2D eigenvalue weighted by Crippen LogP contribution is -2.37. The number of guanidine groups is 1. The lowest BCUT2D eigenvalue weighted by Gasteiger charge is -2.27. The molecule has 184 valence electrons. The van der Waals surface area contributed by atoms with Crippen molar-refractivity contribution < 1.29 is 33.4 Å². The number of carboxylic acids is 1. The summed E-state index contributed by atoms with van der Waals surface area (Å²) >= 11 is 0. The first-order valence-electron chi connectivity index (χ1n) is 10.4. The number of nitrogens with one attached hydrogen (secondary N) is 3. The molecule has 0 aliphatic rings. The number of carbonyl (C=O) groups excluding carboxylic acids is 1. The van der Waals surface area contributed by atoms with E-state index in [4.69, 9.17) is 20.4 Å². The maximum Gasteiger partial charge on any atom is 0.408 e. The zero-order chi connectivity index (χ0) is 25.3. The molecule has 2 aromatic rings. The average Bonchev–Trinajstić information content (AvgIpc) is 2.75. The second kappa shape index (κ2) is 12.2. The van der Waals surface area contributed by atoms with Crippen molar-refractivity contribution in [2.75, 3.05) is 5.32 Å². The quantitative estimate of drug-likeness (QED) is 0.155. The molecule has 2 rings (SSSR count). The predicted molar refractivity (Wildman–Crippen MR) is 126 cm³/mol.